The van der Waals surface area contributed by atoms with Crippen LogP contribution in [-0.2, 0) is 9.47 Å². The number of halogens is 2. The van der Waals surface area contributed by atoms with E-state index in [1.165, 1.54) is 0 Å². The minimum atomic E-state index is -2.87. The van der Waals surface area contributed by atoms with Gasteiger partial charge in [0.25, 0.3) is 6.43 Å². The van der Waals surface area contributed by atoms with Crippen molar-refractivity contribution in [2.45, 2.75) is 25.7 Å². The Balaban J connectivity index is 2.28. The van der Waals surface area contributed by atoms with E-state index < -0.39 is 23.8 Å². The Labute approximate surface area is 102 Å². The van der Waals surface area contributed by atoms with Crippen molar-refractivity contribution in [1.82, 2.24) is 4.98 Å². The summed E-state index contributed by atoms with van der Waals surface area (Å²) < 4.78 is 40.4. The Kier molecular flexibility index (Phi) is 3.90. The Bertz CT molecular complexity index is 427. The molecule has 7 heteroatoms. The SMILES string of the molecule is CCOC(=O)c1oc(C2CCOC2)nc1C(F)F. The first kappa shape index (κ1) is 12.9. The minimum Gasteiger partial charge on any atom is -0.460 e. The van der Waals surface area contributed by atoms with E-state index in [1.807, 2.05) is 0 Å². The van der Waals surface area contributed by atoms with E-state index >= 15 is 0 Å². The average molecular weight is 261 g/mol. The number of esters is 1. The molecule has 0 saturated carbocycles. The molecule has 2 rings (SSSR count). The number of nitrogens with zero attached hydrogens (tertiary/aromatic N) is 1. The fourth-order valence-corrected chi connectivity index (χ4v) is 1.74. The number of ether oxygens (including phenoxy) is 2. The molecule has 0 bridgehead atoms. The van der Waals surface area contributed by atoms with E-state index in [4.69, 9.17) is 9.15 Å². The van der Waals surface area contributed by atoms with Crippen LogP contribution in [-0.4, -0.2) is 30.8 Å². The van der Waals surface area contributed by atoms with Crippen molar-refractivity contribution in [3.63, 3.8) is 0 Å². The first-order valence-electron chi connectivity index (χ1n) is 5.67. The Hall–Kier alpha value is -1.50. The quantitative estimate of drug-likeness (QED) is 0.778. The molecule has 1 aromatic rings. The van der Waals surface area contributed by atoms with Crippen LogP contribution in [0.5, 0.6) is 0 Å². The fraction of sp³-hybridized carbons (Fsp3) is 0.636. The van der Waals surface area contributed by atoms with Crippen molar-refractivity contribution >= 4 is 5.97 Å². The zero-order valence-electron chi connectivity index (χ0n) is 9.82. The summed E-state index contributed by atoms with van der Waals surface area (Å²) in [6.07, 6.45) is -2.23. The smallest absolute Gasteiger partial charge is 0.376 e. The second-order valence-corrected chi connectivity index (χ2v) is 3.85. The molecule has 18 heavy (non-hydrogen) atoms. The number of hydrogen-bond acceptors (Lipinski definition) is 5. The molecule has 0 radical (unpaired) electrons. The van der Waals surface area contributed by atoms with E-state index in [0.29, 0.717) is 19.6 Å². The van der Waals surface area contributed by atoms with Crippen LogP contribution >= 0.6 is 0 Å². The van der Waals surface area contributed by atoms with Gasteiger partial charge >= 0.3 is 5.97 Å². The fourth-order valence-electron chi connectivity index (χ4n) is 1.74. The van der Waals surface area contributed by atoms with Crippen molar-refractivity contribution in [2.24, 2.45) is 0 Å². The van der Waals surface area contributed by atoms with E-state index in [2.05, 4.69) is 9.72 Å². The van der Waals surface area contributed by atoms with Gasteiger partial charge in [-0.15, -0.1) is 0 Å². The van der Waals surface area contributed by atoms with Gasteiger partial charge < -0.3 is 13.9 Å². The first-order chi connectivity index (χ1) is 8.63. The van der Waals surface area contributed by atoms with Gasteiger partial charge in [0.05, 0.1) is 19.1 Å². The molecule has 0 N–H and O–H groups in total. The molecule has 1 aromatic heterocycles. The third-order valence-electron chi connectivity index (χ3n) is 2.62. The summed E-state index contributed by atoms with van der Waals surface area (Å²) >= 11 is 0. The van der Waals surface area contributed by atoms with Crippen molar-refractivity contribution in [2.75, 3.05) is 19.8 Å². The van der Waals surface area contributed by atoms with Crippen LogP contribution in [0.2, 0.25) is 0 Å². The monoisotopic (exact) mass is 261 g/mol. The third kappa shape index (κ3) is 2.50. The van der Waals surface area contributed by atoms with E-state index in [9.17, 15) is 13.6 Å². The highest BCUT2D eigenvalue weighted by Gasteiger charge is 2.31. The molecular formula is C11H13F2NO4. The normalized spacial score (nSPS) is 19.4. The van der Waals surface area contributed by atoms with Gasteiger partial charge in [0.2, 0.25) is 11.7 Å². The van der Waals surface area contributed by atoms with Crippen LogP contribution in [0.25, 0.3) is 0 Å². The van der Waals surface area contributed by atoms with Crippen LogP contribution in [0.3, 0.4) is 0 Å². The third-order valence-corrected chi connectivity index (χ3v) is 2.62. The zero-order valence-corrected chi connectivity index (χ0v) is 9.82. The molecule has 0 aliphatic carbocycles. The number of carbonyl (C=O) groups excluding carboxylic acids is 1. The predicted molar refractivity (Wildman–Crippen MR) is 55.6 cm³/mol. The molecule has 100 valence electrons. The van der Waals surface area contributed by atoms with Crippen molar-refractivity contribution in [1.29, 1.82) is 0 Å². The van der Waals surface area contributed by atoms with Gasteiger partial charge in [-0.05, 0) is 13.3 Å². The Morgan fingerprint density at radius 3 is 2.94 bits per heavy atom. The minimum absolute atomic E-state index is 0.0874. The highest BCUT2D eigenvalue weighted by Crippen LogP contribution is 2.30. The van der Waals surface area contributed by atoms with Gasteiger partial charge in [-0.3, -0.25) is 0 Å². The summed E-state index contributed by atoms with van der Waals surface area (Å²) in [5.41, 5.74) is -0.657. The topological polar surface area (TPSA) is 61.6 Å². The molecule has 0 aromatic carbocycles. The molecule has 1 fully saturated rings. The number of hydrogen-bond donors (Lipinski definition) is 0. The standard InChI is InChI=1S/C11H13F2NO4/c1-2-17-11(15)8-7(9(12)13)14-10(18-8)6-3-4-16-5-6/h6,9H,2-5H2,1H3. The van der Waals surface area contributed by atoms with Gasteiger partial charge in [-0.1, -0.05) is 0 Å². The van der Waals surface area contributed by atoms with Crippen LogP contribution in [0.1, 0.15) is 47.8 Å². The summed E-state index contributed by atoms with van der Waals surface area (Å²) in [6.45, 7) is 2.57. The summed E-state index contributed by atoms with van der Waals surface area (Å²) in [7, 11) is 0. The highest BCUT2D eigenvalue weighted by molar-refractivity contribution is 5.87. The molecule has 1 saturated heterocycles. The molecular weight excluding hydrogens is 248 g/mol. The summed E-state index contributed by atoms with van der Waals surface area (Å²) in [4.78, 5) is 15.2. The molecule has 2 heterocycles. The Morgan fingerprint density at radius 2 is 2.39 bits per heavy atom. The maximum atomic E-state index is 12.8. The lowest BCUT2D eigenvalue weighted by atomic mass is 10.1. The molecule has 5 nitrogen and oxygen atoms in total. The predicted octanol–water partition coefficient (Wildman–Crippen LogP) is 2.29. The van der Waals surface area contributed by atoms with E-state index in [-0.39, 0.29) is 18.4 Å². The van der Waals surface area contributed by atoms with Gasteiger partial charge in [0.15, 0.2) is 5.69 Å². The molecule has 0 amide bonds. The molecule has 0 spiro atoms. The van der Waals surface area contributed by atoms with Crippen LogP contribution in [0, 0.1) is 0 Å². The van der Waals surface area contributed by atoms with Crippen LogP contribution < -0.4 is 0 Å². The summed E-state index contributed by atoms with van der Waals surface area (Å²) in [6, 6.07) is 0. The van der Waals surface area contributed by atoms with Crippen LogP contribution in [0.4, 0.5) is 8.78 Å². The lowest BCUT2D eigenvalue weighted by molar-refractivity contribution is 0.0473. The highest BCUT2D eigenvalue weighted by atomic mass is 19.3. The molecule has 1 unspecified atom stereocenters. The number of carbonyl (C=O) groups is 1. The van der Waals surface area contributed by atoms with Gasteiger partial charge in [0, 0.05) is 6.61 Å². The van der Waals surface area contributed by atoms with E-state index in [0.717, 1.165) is 0 Å². The second kappa shape index (κ2) is 5.43. The lowest BCUT2D eigenvalue weighted by Crippen LogP contribution is -2.06. The summed E-state index contributed by atoms with van der Waals surface area (Å²) in [5, 5.41) is 0. The summed E-state index contributed by atoms with van der Waals surface area (Å²) in [5.74, 6) is -1.48. The maximum absolute atomic E-state index is 12.8. The van der Waals surface area contributed by atoms with Gasteiger partial charge in [-0.2, -0.15) is 0 Å². The maximum Gasteiger partial charge on any atom is 0.376 e. The van der Waals surface area contributed by atoms with E-state index in [1.54, 1.807) is 6.92 Å². The zero-order chi connectivity index (χ0) is 13.1. The average Bonchev–Trinajstić information content (AvgIpc) is 2.98. The molecule has 1 aliphatic rings. The largest absolute Gasteiger partial charge is 0.460 e. The number of rotatable bonds is 4. The Morgan fingerprint density at radius 1 is 1.61 bits per heavy atom. The van der Waals surface area contributed by atoms with Crippen molar-refractivity contribution in [3.8, 4) is 0 Å². The van der Waals surface area contributed by atoms with Crippen LogP contribution in [0.15, 0.2) is 4.42 Å². The van der Waals surface area contributed by atoms with Gasteiger partial charge in [-0.25, -0.2) is 18.6 Å². The number of oxazole rings is 1. The first-order valence-corrected chi connectivity index (χ1v) is 5.67. The second-order valence-electron chi connectivity index (χ2n) is 3.85. The lowest BCUT2D eigenvalue weighted by Gasteiger charge is -2.00. The number of alkyl halides is 2. The number of aromatic nitrogens is 1. The van der Waals surface area contributed by atoms with Crippen molar-refractivity contribution < 1.29 is 27.5 Å². The molecule has 1 atom stereocenters. The molecule has 1 aliphatic heterocycles. The van der Waals surface area contributed by atoms with Crippen molar-refractivity contribution in [3.05, 3.63) is 17.3 Å². The van der Waals surface area contributed by atoms with Gasteiger partial charge in [0.1, 0.15) is 0 Å².